The minimum atomic E-state index is -0.766. The third-order valence-electron chi connectivity index (χ3n) is 3.14. The molecule has 0 spiro atoms. The number of hydrogen-bond donors (Lipinski definition) is 1. The van der Waals surface area contributed by atoms with Gasteiger partial charge >= 0.3 is 5.97 Å². The van der Waals surface area contributed by atoms with Gasteiger partial charge in [-0.3, -0.25) is 4.79 Å². The summed E-state index contributed by atoms with van der Waals surface area (Å²) in [4.78, 5) is 11.3. The maximum atomic E-state index is 11.3. The lowest BCUT2D eigenvalue weighted by Crippen LogP contribution is -2.40. The zero-order valence-electron chi connectivity index (χ0n) is 10.4. The van der Waals surface area contributed by atoms with E-state index in [0.29, 0.717) is 45.9 Å². The van der Waals surface area contributed by atoms with E-state index in [2.05, 4.69) is 0 Å². The number of carboxylic acid groups (broad SMARTS) is 1. The van der Waals surface area contributed by atoms with Gasteiger partial charge < -0.3 is 19.3 Å². The van der Waals surface area contributed by atoms with Crippen molar-refractivity contribution in [1.82, 2.24) is 0 Å². The number of methoxy groups -OCH3 is 1. The lowest BCUT2D eigenvalue weighted by Gasteiger charge is -2.32. The van der Waals surface area contributed by atoms with Crippen molar-refractivity contribution in [3.8, 4) is 0 Å². The van der Waals surface area contributed by atoms with Gasteiger partial charge in [-0.15, -0.1) is 0 Å². The molecule has 1 rings (SSSR count). The second-order valence-electron chi connectivity index (χ2n) is 4.45. The molecule has 0 bridgehead atoms. The Morgan fingerprint density at radius 2 is 2.24 bits per heavy atom. The summed E-state index contributed by atoms with van der Waals surface area (Å²) in [7, 11) is 1.65. The monoisotopic (exact) mass is 246 g/mol. The van der Waals surface area contributed by atoms with Crippen LogP contribution in [0.4, 0.5) is 0 Å². The van der Waals surface area contributed by atoms with Gasteiger partial charge in [0, 0.05) is 33.5 Å². The molecule has 0 aliphatic carbocycles. The van der Waals surface area contributed by atoms with E-state index in [1.54, 1.807) is 7.11 Å². The van der Waals surface area contributed by atoms with Gasteiger partial charge in [0.05, 0.1) is 12.0 Å². The van der Waals surface area contributed by atoms with E-state index >= 15 is 0 Å². The third kappa shape index (κ3) is 4.61. The highest BCUT2D eigenvalue weighted by molar-refractivity contribution is 5.74. The Balaban J connectivity index is 2.23. The number of carboxylic acids is 1. The summed E-state index contributed by atoms with van der Waals surface area (Å²) in [6, 6.07) is 0. The first-order valence-electron chi connectivity index (χ1n) is 6.09. The van der Waals surface area contributed by atoms with Crippen LogP contribution in [-0.4, -0.2) is 51.2 Å². The quantitative estimate of drug-likeness (QED) is 0.654. The Hall–Kier alpha value is -0.650. The number of rotatable bonds is 8. The lowest BCUT2D eigenvalue weighted by molar-refractivity contribution is -0.159. The van der Waals surface area contributed by atoms with E-state index in [1.807, 2.05) is 0 Å². The maximum absolute atomic E-state index is 11.3. The minimum absolute atomic E-state index is 0.309. The fraction of sp³-hybridized carbons (Fsp3) is 0.917. The molecule has 1 atom stereocenters. The first-order valence-corrected chi connectivity index (χ1v) is 6.09. The zero-order valence-corrected chi connectivity index (χ0v) is 10.4. The van der Waals surface area contributed by atoms with Crippen LogP contribution in [0, 0.1) is 5.41 Å². The first kappa shape index (κ1) is 14.4. The van der Waals surface area contributed by atoms with Gasteiger partial charge in [0.2, 0.25) is 0 Å². The van der Waals surface area contributed by atoms with Crippen LogP contribution in [0.5, 0.6) is 0 Å². The molecule has 0 aromatic carbocycles. The van der Waals surface area contributed by atoms with Gasteiger partial charge in [0.1, 0.15) is 0 Å². The maximum Gasteiger partial charge on any atom is 0.312 e. The predicted molar refractivity (Wildman–Crippen MR) is 62.1 cm³/mol. The summed E-state index contributed by atoms with van der Waals surface area (Å²) in [6.45, 7) is 2.74. The Kier molecular flexibility index (Phi) is 6.47. The molecule has 0 saturated carbocycles. The van der Waals surface area contributed by atoms with E-state index in [1.165, 1.54) is 0 Å². The van der Waals surface area contributed by atoms with Crippen molar-refractivity contribution in [3.63, 3.8) is 0 Å². The van der Waals surface area contributed by atoms with Crippen molar-refractivity contribution >= 4 is 5.97 Å². The standard InChI is InChI=1S/C12H22O5/c1-15-6-3-8-16-9-5-12(11(13)14)4-2-7-17-10-12/h2-10H2,1H3,(H,13,14). The van der Waals surface area contributed by atoms with Crippen LogP contribution in [0.15, 0.2) is 0 Å². The largest absolute Gasteiger partial charge is 0.481 e. The summed E-state index contributed by atoms with van der Waals surface area (Å²) in [5.74, 6) is -0.766. The highest BCUT2D eigenvalue weighted by Crippen LogP contribution is 2.32. The van der Waals surface area contributed by atoms with Crippen LogP contribution in [-0.2, 0) is 19.0 Å². The summed E-state index contributed by atoms with van der Waals surface area (Å²) in [5.41, 5.74) is -0.737. The molecule has 100 valence electrons. The molecular formula is C12H22O5. The molecule has 1 unspecified atom stereocenters. The molecule has 0 amide bonds. The van der Waals surface area contributed by atoms with E-state index < -0.39 is 11.4 Å². The van der Waals surface area contributed by atoms with Crippen LogP contribution >= 0.6 is 0 Å². The van der Waals surface area contributed by atoms with Crippen molar-refractivity contribution in [1.29, 1.82) is 0 Å². The lowest BCUT2D eigenvalue weighted by atomic mass is 9.80. The smallest absolute Gasteiger partial charge is 0.312 e. The van der Waals surface area contributed by atoms with Gasteiger partial charge in [-0.1, -0.05) is 0 Å². The van der Waals surface area contributed by atoms with Crippen LogP contribution in [0.2, 0.25) is 0 Å². The van der Waals surface area contributed by atoms with Crippen LogP contribution < -0.4 is 0 Å². The second kappa shape index (κ2) is 7.63. The first-order chi connectivity index (χ1) is 8.21. The molecular weight excluding hydrogens is 224 g/mol. The van der Waals surface area contributed by atoms with Crippen molar-refractivity contribution in [2.24, 2.45) is 5.41 Å². The molecule has 1 saturated heterocycles. The summed E-state index contributed by atoms with van der Waals surface area (Å²) in [5, 5.41) is 9.27. The molecule has 1 fully saturated rings. The van der Waals surface area contributed by atoms with E-state index in [9.17, 15) is 9.90 Å². The molecule has 1 aliphatic rings. The van der Waals surface area contributed by atoms with Crippen molar-refractivity contribution in [2.75, 3.05) is 40.1 Å². The molecule has 0 radical (unpaired) electrons. The molecule has 5 nitrogen and oxygen atoms in total. The van der Waals surface area contributed by atoms with Gasteiger partial charge in [0.25, 0.3) is 0 Å². The Labute approximate surface area is 102 Å². The van der Waals surface area contributed by atoms with Crippen LogP contribution in [0.25, 0.3) is 0 Å². The van der Waals surface area contributed by atoms with Gasteiger partial charge in [-0.2, -0.15) is 0 Å². The molecule has 5 heteroatoms. The minimum Gasteiger partial charge on any atom is -0.481 e. The third-order valence-corrected chi connectivity index (χ3v) is 3.14. The van der Waals surface area contributed by atoms with Gasteiger partial charge in [-0.05, 0) is 25.7 Å². The highest BCUT2D eigenvalue weighted by atomic mass is 16.5. The van der Waals surface area contributed by atoms with E-state index in [0.717, 1.165) is 12.8 Å². The Bertz CT molecular complexity index is 223. The molecule has 1 heterocycles. The van der Waals surface area contributed by atoms with Crippen molar-refractivity contribution < 1.29 is 24.1 Å². The highest BCUT2D eigenvalue weighted by Gasteiger charge is 2.40. The topological polar surface area (TPSA) is 65.0 Å². The summed E-state index contributed by atoms with van der Waals surface area (Å²) >= 11 is 0. The number of carbonyl (C=O) groups is 1. The van der Waals surface area contributed by atoms with Crippen molar-refractivity contribution in [3.05, 3.63) is 0 Å². The van der Waals surface area contributed by atoms with Crippen LogP contribution in [0.3, 0.4) is 0 Å². The molecule has 1 N–H and O–H groups in total. The molecule has 17 heavy (non-hydrogen) atoms. The normalized spacial score (nSPS) is 24.8. The zero-order chi connectivity index (χ0) is 12.6. The average molecular weight is 246 g/mol. The summed E-state index contributed by atoms with van der Waals surface area (Å²) < 4.78 is 15.6. The van der Waals surface area contributed by atoms with Gasteiger partial charge in [-0.25, -0.2) is 0 Å². The summed E-state index contributed by atoms with van der Waals surface area (Å²) in [6.07, 6.45) is 2.86. The fourth-order valence-corrected chi connectivity index (χ4v) is 2.00. The van der Waals surface area contributed by atoms with Crippen molar-refractivity contribution in [2.45, 2.75) is 25.7 Å². The van der Waals surface area contributed by atoms with E-state index in [-0.39, 0.29) is 0 Å². The SMILES string of the molecule is COCCCOCCC1(C(=O)O)CCCOC1. The second-order valence-corrected chi connectivity index (χ2v) is 4.45. The van der Waals surface area contributed by atoms with E-state index in [4.69, 9.17) is 14.2 Å². The predicted octanol–water partition coefficient (Wildman–Crippen LogP) is 1.31. The number of hydrogen-bond acceptors (Lipinski definition) is 4. The number of aliphatic carboxylic acids is 1. The molecule has 1 aliphatic heterocycles. The Morgan fingerprint density at radius 1 is 1.41 bits per heavy atom. The molecule has 0 aromatic heterocycles. The van der Waals surface area contributed by atoms with Gasteiger partial charge in [0.15, 0.2) is 0 Å². The fourth-order valence-electron chi connectivity index (χ4n) is 2.00. The Morgan fingerprint density at radius 3 is 2.82 bits per heavy atom. The molecule has 0 aromatic rings. The van der Waals surface area contributed by atoms with Crippen LogP contribution in [0.1, 0.15) is 25.7 Å². The number of ether oxygens (including phenoxy) is 3. The average Bonchev–Trinajstić information content (AvgIpc) is 2.34.